The summed E-state index contributed by atoms with van der Waals surface area (Å²) in [6, 6.07) is 5.08. The van der Waals surface area contributed by atoms with Gasteiger partial charge in [-0.3, -0.25) is 9.78 Å². The molecule has 0 spiro atoms. The minimum atomic E-state index is -0.128. The molecule has 1 aromatic heterocycles. The number of carbonyl (C=O) groups excluding carboxylic acids is 1. The largest absolute Gasteiger partial charge is 0.338 e. The van der Waals surface area contributed by atoms with Crippen LogP contribution in [0.2, 0.25) is 0 Å². The molecule has 0 N–H and O–H groups in total. The third kappa shape index (κ3) is 2.53. The Kier molecular flexibility index (Phi) is 3.81. The normalized spacial score (nSPS) is 9.40. The van der Waals surface area contributed by atoms with Gasteiger partial charge in [-0.1, -0.05) is 0 Å². The van der Waals surface area contributed by atoms with Gasteiger partial charge >= 0.3 is 0 Å². The molecule has 0 bridgehead atoms. The average molecular weight is 203 g/mol. The summed E-state index contributed by atoms with van der Waals surface area (Å²) in [7, 11) is 0. The van der Waals surface area contributed by atoms with Gasteiger partial charge in [0.05, 0.1) is 11.6 Å². The molecule has 0 saturated carbocycles. The lowest BCUT2D eigenvalue weighted by Crippen LogP contribution is -2.31. The summed E-state index contributed by atoms with van der Waals surface area (Å²) < 4.78 is 0. The lowest BCUT2D eigenvalue weighted by molar-refractivity contribution is 0.0767. The van der Waals surface area contributed by atoms with Crippen LogP contribution in [0.4, 0.5) is 0 Å². The zero-order valence-corrected chi connectivity index (χ0v) is 8.90. The summed E-state index contributed by atoms with van der Waals surface area (Å²) in [6.07, 6.45) is 1.48. The number of pyridine rings is 1. The van der Waals surface area contributed by atoms with Gasteiger partial charge in [0, 0.05) is 19.3 Å². The van der Waals surface area contributed by atoms with Gasteiger partial charge in [0.15, 0.2) is 0 Å². The molecule has 0 fully saturated rings. The average Bonchev–Trinajstić information content (AvgIpc) is 2.30. The molecule has 1 rings (SSSR count). The summed E-state index contributed by atoms with van der Waals surface area (Å²) in [5.74, 6) is -0.128. The minimum Gasteiger partial charge on any atom is -0.338 e. The Morgan fingerprint density at radius 3 is 2.73 bits per heavy atom. The Hall–Kier alpha value is -1.89. The highest BCUT2D eigenvalue weighted by atomic mass is 16.2. The molecule has 1 heterocycles. The number of nitriles is 1. The Labute approximate surface area is 89.2 Å². The molecule has 1 aromatic rings. The predicted molar refractivity (Wildman–Crippen MR) is 56.2 cm³/mol. The van der Waals surface area contributed by atoms with Crippen molar-refractivity contribution in [3.63, 3.8) is 0 Å². The van der Waals surface area contributed by atoms with Crippen LogP contribution in [0.15, 0.2) is 18.3 Å². The lowest BCUT2D eigenvalue weighted by atomic mass is 10.2. The molecule has 0 aliphatic carbocycles. The third-order valence-corrected chi connectivity index (χ3v) is 2.16. The van der Waals surface area contributed by atoms with Crippen LogP contribution in [0.25, 0.3) is 0 Å². The van der Waals surface area contributed by atoms with Crippen molar-refractivity contribution in [2.45, 2.75) is 13.8 Å². The number of rotatable bonds is 3. The van der Waals surface area contributed by atoms with Gasteiger partial charge in [-0.25, -0.2) is 0 Å². The van der Waals surface area contributed by atoms with E-state index in [1.54, 1.807) is 11.0 Å². The molecule has 0 unspecified atom stereocenters. The molecule has 15 heavy (non-hydrogen) atoms. The van der Waals surface area contributed by atoms with Crippen LogP contribution in [0.5, 0.6) is 0 Å². The van der Waals surface area contributed by atoms with E-state index in [4.69, 9.17) is 5.26 Å². The maximum absolute atomic E-state index is 11.8. The van der Waals surface area contributed by atoms with E-state index < -0.39 is 0 Å². The summed E-state index contributed by atoms with van der Waals surface area (Å²) in [5.41, 5.74) is 0.790. The standard InChI is InChI=1S/C11H13N3O/c1-3-14(4-2)11(15)10-7-9(8-12)5-6-13-10/h5-7H,3-4H2,1-2H3. The predicted octanol–water partition coefficient (Wildman–Crippen LogP) is 1.44. The molecule has 78 valence electrons. The summed E-state index contributed by atoms with van der Waals surface area (Å²) in [6.45, 7) is 5.12. The SMILES string of the molecule is CCN(CC)C(=O)c1cc(C#N)ccn1. The zero-order chi connectivity index (χ0) is 11.3. The molecule has 0 aliphatic rings. The van der Waals surface area contributed by atoms with E-state index in [0.717, 1.165) is 0 Å². The first-order chi connectivity index (χ1) is 7.22. The fourth-order valence-corrected chi connectivity index (χ4v) is 1.29. The van der Waals surface area contributed by atoms with Gasteiger partial charge in [-0.15, -0.1) is 0 Å². The number of amides is 1. The second kappa shape index (κ2) is 5.11. The molecule has 0 radical (unpaired) electrons. The number of hydrogen-bond donors (Lipinski definition) is 0. The van der Waals surface area contributed by atoms with Crippen LogP contribution < -0.4 is 0 Å². The van der Waals surface area contributed by atoms with Gasteiger partial charge in [-0.05, 0) is 26.0 Å². The molecular formula is C11H13N3O. The number of aromatic nitrogens is 1. The van der Waals surface area contributed by atoms with Crippen LogP contribution in [-0.4, -0.2) is 28.9 Å². The Bertz CT molecular complexity index is 391. The Morgan fingerprint density at radius 1 is 1.53 bits per heavy atom. The van der Waals surface area contributed by atoms with Crippen molar-refractivity contribution < 1.29 is 4.79 Å². The van der Waals surface area contributed by atoms with Gasteiger partial charge in [0.1, 0.15) is 5.69 Å². The van der Waals surface area contributed by atoms with E-state index in [1.165, 1.54) is 12.3 Å². The van der Waals surface area contributed by atoms with Crippen LogP contribution in [0.1, 0.15) is 29.9 Å². The third-order valence-electron chi connectivity index (χ3n) is 2.16. The first-order valence-electron chi connectivity index (χ1n) is 4.88. The van der Waals surface area contributed by atoms with E-state index >= 15 is 0 Å². The zero-order valence-electron chi connectivity index (χ0n) is 8.90. The van der Waals surface area contributed by atoms with Gasteiger partial charge in [0.2, 0.25) is 0 Å². The fourth-order valence-electron chi connectivity index (χ4n) is 1.29. The topological polar surface area (TPSA) is 57.0 Å². The van der Waals surface area contributed by atoms with Gasteiger partial charge in [0.25, 0.3) is 5.91 Å². The maximum Gasteiger partial charge on any atom is 0.272 e. The second-order valence-corrected chi connectivity index (χ2v) is 3.02. The number of carbonyl (C=O) groups is 1. The monoisotopic (exact) mass is 203 g/mol. The maximum atomic E-state index is 11.8. The minimum absolute atomic E-state index is 0.128. The van der Waals surface area contributed by atoms with Crippen LogP contribution in [0, 0.1) is 11.3 Å². The summed E-state index contributed by atoms with van der Waals surface area (Å²) in [5, 5.41) is 8.69. The Balaban J connectivity index is 2.96. The molecule has 4 heteroatoms. The molecule has 0 aliphatic heterocycles. The molecule has 0 atom stereocenters. The van der Waals surface area contributed by atoms with Crippen LogP contribution >= 0.6 is 0 Å². The molecule has 0 aromatic carbocycles. The smallest absolute Gasteiger partial charge is 0.272 e. The van der Waals surface area contributed by atoms with Gasteiger partial charge < -0.3 is 4.90 Å². The quantitative estimate of drug-likeness (QED) is 0.746. The van der Waals surface area contributed by atoms with Crippen molar-refractivity contribution in [1.82, 2.24) is 9.88 Å². The summed E-state index contributed by atoms with van der Waals surface area (Å²) in [4.78, 5) is 17.5. The Morgan fingerprint density at radius 2 is 2.20 bits per heavy atom. The van der Waals surface area contributed by atoms with Crippen molar-refractivity contribution in [1.29, 1.82) is 5.26 Å². The van der Waals surface area contributed by atoms with Crippen LogP contribution in [-0.2, 0) is 0 Å². The van der Waals surface area contributed by atoms with E-state index in [0.29, 0.717) is 24.3 Å². The highest BCUT2D eigenvalue weighted by Gasteiger charge is 2.13. The highest BCUT2D eigenvalue weighted by Crippen LogP contribution is 2.04. The summed E-state index contributed by atoms with van der Waals surface area (Å²) >= 11 is 0. The van der Waals surface area contributed by atoms with E-state index in [9.17, 15) is 4.79 Å². The molecular weight excluding hydrogens is 190 g/mol. The van der Waals surface area contributed by atoms with E-state index in [-0.39, 0.29) is 5.91 Å². The fraction of sp³-hybridized carbons (Fsp3) is 0.364. The highest BCUT2D eigenvalue weighted by molar-refractivity contribution is 5.92. The number of nitrogens with zero attached hydrogens (tertiary/aromatic N) is 3. The van der Waals surface area contributed by atoms with Crippen molar-refractivity contribution in [2.75, 3.05) is 13.1 Å². The molecule has 1 amide bonds. The molecule has 0 saturated heterocycles. The second-order valence-electron chi connectivity index (χ2n) is 3.02. The number of hydrogen-bond acceptors (Lipinski definition) is 3. The first-order valence-corrected chi connectivity index (χ1v) is 4.88. The lowest BCUT2D eigenvalue weighted by Gasteiger charge is -2.17. The molecule has 4 nitrogen and oxygen atoms in total. The van der Waals surface area contributed by atoms with E-state index in [2.05, 4.69) is 4.98 Å². The van der Waals surface area contributed by atoms with Crippen molar-refractivity contribution in [3.05, 3.63) is 29.6 Å². The first kappa shape index (κ1) is 11.2. The van der Waals surface area contributed by atoms with Crippen molar-refractivity contribution >= 4 is 5.91 Å². The van der Waals surface area contributed by atoms with Crippen molar-refractivity contribution in [2.24, 2.45) is 0 Å². The van der Waals surface area contributed by atoms with Crippen LogP contribution in [0.3, 0.4) is 0 Å². The van der Waals surface area contributed by atoms with Gasteiger partial charge in [-0.2, -0.15) is 5.26 Å². The van der Waals surface area contributed by atoms with E-state index in [1.807, 2.05) is 19.9 Å². The van der Waals surface area contributed by atoms with Crippen molar-refractivity contribution in [3.8, 4) is 6.07 Å².